The zero-order chi connectivity index (χ0) is 13.9. The standard InChI is InChI=1S/C11H6ClFN6O/c12-9-16-10(19-6-14-5-15-19)18-11(17-9)20-8-3-1-7(13)2-4-8/h1-6H. The molecular formula is C11H6ClFN6O. The molecule has 0 bridgehead atoms. The minimum atomic E-state index is -0.366. The zero-order valence-electron chi connectivity index (χ0n) is 9.81. The molecule has 3 rings (SSSR count). The number of halogens is 2. The third kappa shape index (κ3) is 2.69. The van der Waals surface area contributed by atoms with Crippen LogP contribution in [0.2, 0.25) is 5.28 Å². The molecule has 9 heteroatoms. The van der Waals surface area contributed by atoms with Crippen LogP contribution in [0.3, 0.4) is 0 Å². The Morgan fingerprint density at radius 1 is 1.10 bits per heavy atom. The molecule has 2 aromatic heterocycles. The van der Waals surface area contributed by atoms with E-state index in [0.717, 1.165) is 0 Å². The molecule has 0 amide bonds. The molecule has 0 aliphatic heterocycles. The number of hydrogen-bond donors (Lipinski definition) is 0. The molecule has 0 saturated carbocycles. The Morgan fingerprint density at radius 3 is 2.60 bits per heavy atom. The normalized spacial score (nSPS) is 10.5. The monoisotopic (exact) mass is 292 g/mol. The van der Waals surface area contributed by atoms with Gasteiger partial charge in [0.1, 0.15) is 24.2 Å². The summed E-state index contributed by atoms with van der Waals surface area (Å²) in [5, 5.41) is 3.82. The third-order valence-electron chi connectivity index (χ3n) is 2.22. The lowest BCUT2D eigenvalue weighted by Crippen LogP contribution is -2.05. The lowest BCUT2D eigenvalue weighted by Gasteiger charge is -2.05. The maximum Gasteiger partial charge on any atom is 0.328 e. The van der Waals surface area contributed by atoms with Gasteiger partial charge in [-0.05, 0) is 35.9 Å². The van der Waals surface area contributed by atoms with E-state index in [2.05, 4.69) is 25.0 Å². The fourth-order valence-corrected chi connectivity index (χ4v) is 1.54. The molecule has 100 valence electrons. The van der Waals surface area contributed by atoms with Gasteiger partial charge >= 0.3 is 6.01 Å². The van der Waals surface area contributed by atoms with Crippen LogP contribution in [0.4, 0.5) is 4.39 Å². The predicted octanol–water partition coefficient (Wildman–Crippen LogP) is 2.04. The molecule has 0 aliphatic rings. The molecule has 0 unspecified atom stereocenters. The van der Waals surface area contributed by atoms with Crippen LogP contribution in [0.15, 0.2) is 36.9 Å². The SMILES string of the molecule is Fc1ccc(Oc2nc(Cl)nc(-n3cncn3)n2)cc1. The number of benzene rings is 1. The molecule has 2 heterocycles. The smallest absolute Gasteiger partial charge is 0.328 e. The Kier molecular flexibility index (Phi) is 3.21. The topological polar surface area (TPSA) is 78.6 Å². The van der Waals surface area contributed by atoms with Crippen LogP contribution in [0.25, 0.3) is 5.95 Å². The number of rotatable bonds is 3. The van der Waals surface area contributed by atoms with E-state index in [9.17, 15) is 4.39 Å². The predicted molar refractivity (Wildman–Crippen MR) is 66.2 cm³/mol. The number of aromatic nitrogens is 6. The second-order valence-corrected chi connectivity index (χ2v) is 3.92. The van der Waals surface area contributed by atoms with E-state index in [1.807, 2.05) is 0 Å². The van der Waals surface area contributed by atoms with Crippen molar-refractivity contribution >= 4 is 11.6 Å². The first-order chi connectivity index (χ1) is 9.70. The van der Waals surface area contributed by atoms with E-state index in [1.165, 1.54) is 41.6 Å². The quantitative estimate of drug-likeness (QED) is 0.735. The lowest BCUT2D eigenvalue weighted by atomic mass is 10.3. The molecule has 0 fully saturated rings. The fraction of sp³-hybridized carbons (Fsp3) is 0. The van der Waals surface area contributed by atoms with E-state index in [1.54, 1.807) is 0 Å². The number of ether oxygens (including phenoxy) is 1. The summed E-state index contributed by atoms with van der Waals surface area (Å²) in [5.74, 6) is 0.173. The molecule has 1 aromatic carbocycles. The summed E-state index contributed by atoms with van der Waals surface area (Å²) in [6.45, 7) is 0. The molecule has 0 N–H and O–H groups in total. The summed E-state index contributed by atoms with van der Waals surface area (Å²) in [5.41, 5.74) is 0. The van der Waals surface area contributed by atoms with Crippen LogP contribution in [0, 0.1) is 5.82 Å². The highest BCUT2D eigenvalue weighted by atomic mass is 35.5. The first-order valence-corrected chi connectivity index (χ1v) is 5.78. The molecule has 7 nitrogen and oxygen atoms in total. The average molecular weight is 293 g/mol. The Bertz CT molecular complexity index is 718. The summed E-state index contributed by atoms with van der Waals surface area (Å²) in [6, 6.07) is 5.39. The van der Waals surface area contributed by atoms with Gasteiger partial charge in [0.2, 0.25) is 5.28 Å². The Morgan fingerprint density at radius 2 is 1.90 bits per heavy atom. The molecule has 0 radical (unpaired) electrons. The van der Waals surface area contributed by atoms with E-state index in [4.69, 9.17) is 16.3 Å². The minimum Gasteiger partial charge on any atom is -0.424 e. The van der Waals surface area contributed by atoms with Crippen molar-refractivity contribution in [2.24, 2.45) is 0 Å². The first-order valence-electron chi connectivity index (χ1n) is 5.41. The van der Waals surface area contributed by atoms with Gasteiger partial charge in [0, 0.05) is 0 Å². The lowest BCUT2D eigenvalue weighted by molar-refractivity contribution is 0.436. The number of nitrogens with zero attached hydrogens (tertiary/aromatic N) is 6. The fourth-order valence-electron chi connectivity index (χ4n) is 1.39. The number of hydrogen-bond acceptors (Lipinski definition) is 6. The third-order valence-corrected chi connectivity index (χ3v) is 2.39. The Hall–Kier alpha value is -2.61. The van der Waals surface area contributed by atoms with Crippen LogP contribution in [-0.2, 0) is 0 Å². The van der Waals surface area contributed by atoms with Crippen LogP contribution in [0.1, 0.15) is 0 Å². The molecule has 0 atom stereocenters. The van der Waals surface area contributed by atoms with Gasteiger partial charge in [-0.3, -0.25) is 0 Å². The van der Waals surface area contributed by atoms with E-state index < -0.39 is 0 Å². The van der Waals surface area contributed by atoms with Gasteiger partial charge < -0.3 is 4.74 Å². The van der Waals surface area contributed by atoms with Crippen LogP contribution >= 0.6 is 11.6 Å². The summed E-state index contributed by atoms with van der Waals surface area (Å²) < 4.78 is 19.5. The van der Waals surface area contributed by atoms with Crippen LogP contribution < -0.4 is 4.74 Å². The van der Waals surface area contributed by atoms with Crippen LogP contribution in [0.5, 0.6) is 11.8 Å². The summed E-state index contributed by atoms with van der Waals surface area (Å²) in [7, 11) is 0. The molecule has 3 aromatic rings. The van der Waals surface area contributed by atoms with Crippen molar-refractivity contribution in [3.63, 3.8) is 0 Å². The summed E-state index contributed by atoms with van der Waals surface area (Å²) in [4.78, 5) is 15.5. The van der Waals surface area contributed by atoms with Crippen molar-refractivity contribution in [3.8, 4) is 17.7 Å². The largest absolute Gasteiger partial charge is 0.424 e. The van der Waals surface area contributed by atoms with E-state index >= 15 is 0 Å². The van der Waals surface area contributed by atoms with E-state index in [0.29, 0.717) is 5.75 Å². The van der Waals surface area contributed by atoms with Crippen molar-refractivity contribution in [1.82, 2.24) is 29.7 Å². The Labute approximate surface area is 117 Å². The van der Waals surface area contributed by atoms with Crippen molar-refractivity contribution in [1.29, 1.82) is 0 Å². The van der Waals surface area contributed by atoms with Crippen LogP contribution in [-0.4, -0.2) is 29.7 Å². The maximum atomic E-state index is 12.8. The van der Waals surface area contributed by atoms with Gasteiger partial charge in [-0.1, -0.05) is 0 Å². The second-order valence-electron chi connectivity index (χ2n) is 3.58. The highest BCUT2D eigenvalue weighted by molar-refractivity contribution is 6.28. The maximum absolute atomic E-state index is 12.8. The van der Waals surface area contributed by atoms with Crippen molar-refractivity contribution < 1.29 is 9.13 Å². The summed E-state index contributed by atoms with van der Waals surface area (Å²) in [6.07, 6.45) is 2.74. The van der Waals surface area contributed by atoms with Gasteiger partial charge in [-0.25, -0.2) is 9.37 Å². The highest BCUT2D eigenvalue weighted by Gasteiger charge is 2.09. The second kappa shape index (κ2) is 5.17. The van der Waals surface area contributed by atoms with Gasteiger partial charge in [-0.15, -0.1) is 0 Å². The zero-order valence-corrected chi connectivity index (χ0v) is 10.6. The van der Waals surface area contributed by atoms with E-state index in [-0.39, 0.29) is 23.1 Å². The highest BCUT2D eigenvalue weighted by Crippen LogP contribution is 2.19. The molecule has 0 saturated heterocycles. The van der Waals surface area contributed by atoms with Gasteiger partial charge in [0.15, 0.2) is 0 Å². The van der Waals surface area contributed by atoms with Crippen molar-refractivity contribution in [3.05, 3.63) is 48.0 Å². The first kappa shape index (κ1) is 12.4. The van der Waals surface area contributed by atoms with Crippen molar-refractivity contribution in [2.75, 3.05) is 0 Å². The molecule has 0 aliphatic carbocycles. The van der Waals surface area contributed by atoms with Gasteiger partial charge in [0.05, 0.1) is 0 Å². The molecular weight excluding hydrogens is 287 g/mol. The molecule has 20 heavy (non-hydrogen) atoms. The minimum absolute atomic E-state index is 0.0258. The van der Waals surface area contributed by atoms with Gasteiger partial charge in [-0.2, -0.15) is 24.7 Å². The molecule has 0 spiro atoms. The average Bonchev–Trinajstić information content (AvgIpc) is 2.95. The summed E-state index contributed by atoms with van der Waals surface area (Å²) >= 11 is 5.79. The Balaban J connectivity index is 1.92. The van der Waals surface area contributed by atoms with Crippen molar-refractivity contribution in [2.45, 2.75) is 0 Å². The van der Waals surface area contributed by atoms with Gasteiger partial charge in [0.25, 0.3) is 5.95 Å².